The molecular weight excluding hydrogens is 345 g/mol. The van der Waals surface area contributed by atoms with E-state index in [1.165, 1.54) is 6.92 Å². The molecule has 150 valence electrons. The summed E-state index contributed by atoms with van der Waals surface area (Å²) in [5, 5.41) is 11.5. The predicted molar refractivity (Wildman–Crippen MR) is 94.2 cm³/mol. The third-order valence-electron chi connectivity index (χ3n) is 3.10. The van der Waals surface area contributed by atoms with Gasteiger partial charge >= 0.3 is 18.0 Å². The number of esters is 1. The lowest BCUT2D eigenvalue weighted by Crippen LogP contribution is -2.38. The van der Waals surface area contributed by atoms with E-state index in [4.69, 9.17) is 9.47 Å². The van der Waals surface area contributed by atoms with Gasteiger partial charge in [-0.2, -0.15) is 0 Å². The van der Waals surface area contributed by atoms with Crippen molar-refractivity contribution in [3.8, 4) is 0 Å². The molecule has 7 nitrogen and oxygen atoms in total. The Morgan fingerprint density at radius 1 is 1.15 bits per heavy atom. The van der Waals surface area contributed by atoms with Gasteiger partial charge in [-0.15, -0.1) is 0 Å². The van der Waals surface area contributed by atoms with Crippen LogP contribution in [0.2, 0.25) is 0 Å². The molecule has 0 aliphatic carbocycles. The zero-order valence-electron chi connectivity index (χ0n) is 16.5. The average Bonchev–Trinajstić information content (AvgIpc) is 2.42. The SMILES string of the molecule is C[C@H](NC(=O)OC(C)(C)C)/C(F)=C/[C@@H](CCOC(=O)C(C)(C)C)C(=O)O. The summed E-state index contributed by atoms with van der Waals surface area (Å²) in [5.74, 6) is -3.72. The number of carboxylic acid groups (broad SMARTS) is 1. The molecule has 0 spiro atoms. The summed E-state index contributed by atoms with van der Waals surface area (Å²) in [6.07, 6.45) is 0.0125. The van der Waals surface area contributed by atoms with E-state index in [1.807, 2.05) is 0 Å². The van der Waals surface area contributed by atoms with Crippen LogP contribution in [0, 0.1) is 11.3 Å². The third kappa shape index (κ3) is 10.0. The number of alkyl carbamates (subject to hydrolysis) is 1. The molecule has 0 rings (SSSR count). The van der Waals surface area contributed by atoms with Gasteiger partial charge < -0.3 is 19.9 Å². The summed E-state index contributed by atoms with van der Waals surface area (Å²) >= 11 is 0. The molecule has 0 saturated heterocycles. The fourth-order valence-corrected chi connectivity index (χ4v) is 1.66. The van der Waals surface area contributed by atoms with Crippen LogP contribution in [0.25, 0.3) is 0 Å². The molecule has 0 aliphatic rings. The number of rotatable bonds is 7. The Bertz CT molecular complexity index is 545. The van der Waals surface area contributed by atoms with E-state index in [2.05, 4.69) is 5.32 Å². The van der Waals surface area contributed by atoms with Crippen molar-refractivity contribution in [3.63, 3.8) is 0 Å². The van der Waals surface area contributed by atoms with Crippen LogP contribution < -0.4 is 5.32 Å². The molecule has 2 atom stereocenters. The number of ether oxygens (including phenoxy) is 2. The van der Waals surface area contributed by atoms with Crippen LogP contribution in [-0.4, -0.2) is 41.4 Å². The molecule has 0 heterocycles. The quantitative estimate of drug-likeness (QED) is 0.661. The van der Waals surface area contributed by atoms with Gasteiger partial charge in [0.15, 0.2) is 0 Å². The van der Waals surface area contributed by atoms with Crippen LogP contribution in [-0.2, 0) is 19.1 Å². The van der Waals surface area contributed by atoms with E-state index >= 15 is 0 Å². The monoisotopic (exact) mass is 375 g/mol. The first-order valence-corrected chi connectivity index (χ1v) is 8.40. The Labute approximate surface area is 153 Å². The molecule has 8 heteroatoms. The molecular formula is C18H30FNO6. The molecule has 0 fully saturated rings. The van der Waals surface area contributed by atoms with Crippen LogP contribution in [0.1, 0.15) is 54.9 Å². The normalized spacial score (nSPS) is 15.0. The lowest BCUT2D eigenvalue weighted by molar-refractivity contribution is -0.154. The summed E-state index contributed by atoms with van der Waals surface area (Å²) in [6, 6.07) is -1.05. The fourth-order valence-electron chi connectivity index (χ4n) is 1.66. The molecule has 0 radical (unpaired) electrons. The van der Waals surface area contributed by atoms with Crippen LogP contribution in [0.15, 0.2) is 11.9 Å². The standard InChI is InChI=1S/C18H30FNO6/c1-11(20-16(24)26-18(5,6)7)13(19)10-12(14(21)22)8-9-25-15(23)17(2,3)4/h10-12H,8-9H2,1-7H3,(H,20,24)(H,21,22)/b13-10-/t11-,12+/m0/s1. The van der Waals surface area contributed by atoms with Crippen LogP contribution >= 0.6 is 0 Å². The van der Waals surface area contributed by atoms with Crippen molar-refractivity contribution in [1.29, 1.82) is 0 Å². The summed E-state index contributed by atoms with van der Waals surface area (Å²) in [5.41, 5.74) is -1.43. The van der Waals surface area contributed by atoms with Crippen molar-refractivity contribution >= 4 is 18.0 Å². The maximum Gasteiger partial charge on any atom is 0.408 e. The lowest BCUT2D eigenvalue weighted by Gasteiger charge is -2.21. The number of nitrogens with one attached hydrogen (secondary N) is 1. The van der Waals surface area contributed by atoms with Crippen molar-refractivity contribution in [2.45, 2.75) is 66.5 Å². The van der Waals surface area contributed by atoms with Crippen molar-refractivity contribution in [1.82, 2.24) is 5.32 Å². The predicted octanol–water partition coefficient (Wildman–Crippen LogP) is 3.43. The van der Waals surface area contributed by atoms with Crippen molar-refractivity contribution < 1.29 is 33.4 Å². The molecule has 1 amide bonds. The third-order valence-corrected chi connectivity index (χ3v) is 3.10. The second-order valence-electron chi connectivity index (χ2n) is 8.04. The highest BCUT2D eigenvalue weighted by Crippen LogP contribution is 2.18. The number of hydrogen-bond acceptors (Lipinski definition) is 5. The van der Waals surface area contributed by atoms with Gasteiger partial charge in [-0.25, -0.2) is 9.18 Å². The maximum absolute atomic E-state index is 14.2. The maximum atomic E-state index is 14.2. The summed E-state index contributed by atoms with van der Waals surface area (Å²) in [7, 11) is 0. The Balaban J connectivity index is 4.77. The van der Waals surface area contributed by atoms with Gasteiger partial charge in [-0.1, -0.05) is 0 Å². The number of carbonyl (C=O) groups excluding carboxylic acids is 2. The number of hydrogen-bond donors (Lipinski definition) is 2. The molecule has 0 unspecified atom stereocenters. The number of carboxylic acids is 1. The summed E-state index contributed by atoms with van der Waals surface area (Å²) in [4.78, 5) is 34.6. The first-order chi connectivity index (χ1) is 11.6. The largest absolute Gasteiger partial charge is 0.481 e. The van der Waals surface area contributed by atoms with E-state index in [0.717, 1.165) is 6.08 Å². The molecule has 0 saturated carbocycles. The van der Waals surface area contributed by atoms with E-state index in [-0.39, 0.29) is 13.0 Å². The Morgan fingerprint density at radius 2 is 1.69 bits per heavy atom. The molecule has 0 bridgehead atoms. The zero-order chi connectivity index (χ0) is 20.7. The van der Waals surface area contributed by atoms with Gasteiger partial charge in [0, 0.05) is 0 Å². The Morgan fingerprint density at radius 3 is 2.12 bits per heavy atom. The van der Waals surface area contributed by atoms with Gasteiger partial charge in [0.2, 0.25) is 0 Å². The number of carbonyl (C=O) groups is 3. The smallest absolute Gasteiger partial charge is 0.408 e. The van der Waals surface area contributed by atoms with E-state index in [9.17, 15) is 23.9 Å². The highest BCUT2D eigenvalue weighted by molar-refractivity contribution is 5.75. The first kappa shape index (κ1) is 23.9. The number of amides is 1. The van der Waals surface area contributed by atoms with Crippen molar-refractivity contribution in [3.05, 3.63) is 11.9 Å². The molecule has 0 aromatic carbocycles. The molecule has 26 heavy (non-hydrogen) atoms. The molecule has 0 aromatic heterocycles. The minimum atomic E-state index is -1.25. The number of aliphatic carboxylic acids is 1. The molecule has 0 aromatic rings. The zero-order valence-corrected chi connectivity index (χ0v) is 16.5. The molecule has 2 N–H and O–H groups in total. The highest BCUT2D eigenvalue weighted by Gasteiger charge is 2.25. The summed E-state index contributed by atoms with van der Waals surface area (Å²) < 4.78 is 24.2. The number of halogens is 1. The van der Waals surface area contributed by atoms with Crippen LogP contribution in [0.5, 0.6) is 0 Å². The second-order valence-corrected chi connectivity index (χ2v) is 8.04. The summed E-state index contributed by atoms with van der Waals surface area (Å²) in [6.45, 7) is 11.3. The first-order valence-electron chi connectivity index (χ1n) is 8.40. The van der Waals surface area contributed by atoms with Gasteiger partial charge in [0.25, 0.3) is 0 Å². The van der Waals surface area contributed by atoms with E-state index in [1.54, 1.807) is 41.5 Å². The van der Waals surface area contributed by atoms with Gasteiger partial charge in [-0.05, 0) is 61.0 Å². The minimum Gasteiger partial charge on any atom is -0.481 e. The topological polar surface area (TPSA) is 102 Å². The van der Waals surface area contributed by atoms with Gasteiger partial charge in [0.1, 0.15) is 11.4 Å². The molecule has 0 aliphatic heterocycles. The van der Waals surface area contributed by atoms with Gasteiger partial charge in [0.05, 0.1) is 24.0 Å². The van der Waals surface area contributed by atoms with Crippen LogP contribution in [0.4, 0.5) is 9.18 Å². The Kier molecular flexibility index (Phi) is 8.76. The van der Waals surface area contributed by atoms with Crippen LogP contribution in [0.3, 0.4) is 0 Å². The lowest BCUT2D eigenvalue weighted by atomic mass is 9.97. The Hall–Kier alpha value is -2.12. The van der Waals surface area contributed by atoms with E-state index in [0.29, 0.717) is 0 Å². The van der Waals surface area contributed by atoms with Crippen molar-refractivity contribution in [2.75, 3.05) is 6.61 Å². The van der Waals surface area contributed by atoms with Crippen molar-refractivity contribution in [2.24, 2.45) is 11.3 Å². The van der Waals surface area contributed by atoms with E-state index < -0.39 is 46.8 Å². The average molecular weight is 375 g/mol. The van der Waals surface area contributed by atoms with Gasteiger partial charge in [-0.3, -0.25) is 9.59 Å². The fraction of sp³-hybridized carbons (Fsp3) is 0.722. The minimum absolute atomic E-state index is 0.0796. The second kappa shape index (κ2) is 9.54. The highest BCUT2D eigenvalue weighted by atomic mass is 19.1.